The van der Waals surface area contributed by atoms with Crippen LogP contribution in [0.3, 0.4) is 0 Å². The summed E-state index contributed by atoms with van der Waals surface area (Å²) in [5, 5.41) is 2.78. The van der Waals surface area contributed by atoms with Crippen molar-refractivity contribution in [3.63, 3.8) is 0 Å². The third-order valence-electron chi connectivity index (χ3n) is 4.66. The summed E-state index contributed by atoms with van der Waals surface area (Å²) >= 11 is 0. The average molecular weight is 427 g/mol. The Labute approximate surface area is 184 Å². The number of hydrogen-bond donors (Lipinski definition) is 2. The number of H-pyrrole nitrogens is 1. The van der Waals surface area contributed by atoms with E-state index in [4.69, 9.17) is 9.47 Å². The molecule has 1 heterocycles. The molecule has 3 aromatic carbocycles. The lowest BCUT2D eigenvalue weighted by atomic mass is 10.1. The number of benzene rings is 3. The number of methoxy groups -OCH3 is 1. The number of nitrogens with zero attached hydrogens (tertiary/aromatic N) is 1. The highest BCUT2D eigenvalue weighted by Gasteiger charge is 2.14. The third-order valence-corrected chi connectivity index (χ3v) is 4.66. The number of aromatic nitrogens is 2. The van der Waals surface area contributed by atoms with Crippen molar-refractivity contribution in [3.8, 4) is 17.2 Å². The molecule has 4 aromatic rings. The highest BCUT2D eigenvalue weighted by atomic mass is 16.5. The molecule has 160 valence electrons. The fourth-order valence-corrected chi connectivity index (χ4v) is 3.11. The minimum Gasteiger partial charge on any atom is -0.497 e. The van der Waals surface area contributed by atoms with E-state index in [0.29, 0.717) is 29.4 Å². The first-order valence-electron chi connectivity index (χ1n) is 9.97. The SMILES string of the molecule is COc1ccc(Cc2nc(C(=O)Nc3ccccc3Oc3ccccc3)cc(=O)[nH]2)cc1. The summed E-state index contributed by atoms with van der Waals surface area (Å²) in [5.41, 5.74) is 1.02. The zero-order valence-electron chi connectivity index (χ0n) is 17.4. The molecule has 0 saturated carbocycles. The van der Waals surface area contributed by atoms with Gasteiger partial charge in [0.25, 0.3) is 11.5 Å². The van der Waals surface area contributed by atoms with E-state index in [9.17, 15) is 9.59 Å². The van der Waals surface area contributed by atoms with Crippen molar-refractivity contribution in [2.75, 3.05) is 12.4 Å². The van der Waals surface area contributed by atoms with Crippen molar-refractivity contribution < 1.29 is 14.3 Å². The minimum atomic E-state index is -0.504. The second-order valence-corrected chi connectivity index (χ2v) is 6.97. The maximum atomic E-state index is 12.9. The van der Waals surface area contributed by atoms with Gasteiger partial charge in [0.2, 0.25) is 0 Å². The second kappa shape index (κ2) is 9.61. The molecule has 1 aromatic heterocycles. The summed E-state index contributed by atoms with van der Waals surface area (Å²) in [6.07, 6.45) is 0.369. The molecule has 0 spiro atoms. The first-order valence-corrected chi connectivity index (χ1v) is 9.97. The molecule has 4 rings (SSSR count). The highest BCUT2D eigenvalue weighted by Crippen LogP contribution is 2.29. The fraction of sp³-hybridized carbons (Fsp3) is 0.0800. The molecule has 0 fully saturated rings. The average Bonchev–Trinajstić information content (AvgIpc) is 2.81. The Kier molecular flexibility index (Phi) is 6.27. The van der Waals surface area contributed by atoms with Crippen LogP contribution in [0.5, 0.6) is 17.2 Å². The topological polar surface area (TPSA) is 93.3 Å². The molecule has 32 heavy (non-hydrogen) atoms. The Morgan fingerprint density at radius 1 is 0.938 bits per heavy atom. The van der Waals surface area contributed by atoms with Gasteiger partial charge in [-0.1, -0.05) is 42.5 Å². The summed E-state index contributed by atoms with van der Waals surface area (Å²) in [4.78, 5) is 32.0. The van der Waals surface area contributed by atoms with Crippen molar-refractivity contribution in [2.24, 2.45) is 0 Å². The summed E-state index contributed by atoms with van der Waals surface area (Å²) < 4.78 is 11.0. The van der Waals surface area contributed by atoms with Crippen LogP contribution in [0.1, 0.15) is 21.9 Å². The van der Waals surface area contributed by atoms with Crippen LogP contribution in [0.25, 0.3) is 0 Å². The molecular formula is C25H21N3O4. The van der Waals surface area contributed by atoms with Crippen LogP contribution >= 0.6 is 0 Å². The van der Waals surface area contributed by atoms with Gasteiger partial charge in [-0.15, -0.1) is 0 Å². The van der Waals surface area contributed by atoms with Crippen molar-refractivity contribution in [2.45, 2.75) is 6.42 Å². The van der Waals surface area contributed by atoms with E-state index in [-0.39, 0.29) is 5.69 Å². The standard InChI is InChI=1S/C25H21N3O4/c1-31-18-13-11-17(12-14-18)15-23-26-21(16-24(29)28-23)25(30)27-20-9-5-6-10-22(20)32-19-7-3-2-4-8-19/h2-14,16H,15H2,1H3,(H,27,30)(H,26,28,29). The van der Waals surface area contributed by atoms with E-state index in [1.807, 2.05) is 60.7 Å². The molecule has 0 atom stereocenters. The summed E-state index contributed by atoms with van der Waals surface area (Å²) in [6.45, 7) is 0. The largest absolute Gasteiger partial charge is 0.497 e. The number of aromatic amines is 1. The third kappa shape index (κ3) is 5.20. The van der Waals surface area contributed by atoms with Crippen LogP contribution < -0.4 is 20.3 Å². The number of ether oxygens (including phenoxy) is 2. The highest BCUT2D eigenvalue weighted by molar-refractivity contribution is 6.03. The van der Waals surface area contributed by atoms with Gasteiger partial charge in [-0.2, -0.15) is 0 Å². The number of carbonyl (C=O) groups excluding carboxylic acids is 1. The van der Waals surface area contributed by atoms with Crippen LogP contribution in [-0.4, -0.2) is 23.0 Å². The van der Waals surface area contributed by atoms with Crippen molar-refractivity contribution >= 4 is 11.6 Å². The number of amides is 1. The number of anilines is 1. The molecule has 7 nitrogen and oxygen atoms in total. The molecule has 2 N–H and O–H groups in total. The van der Waals surface area contributed by atoms with Crippen LogP contribution in [0.15, 0.2) is 89.7 Å². The second-order valence-electron chi connectivity index (χ2n) is 6.97. The maximum absolute atomic E-state index is 12.9. The number of carbonyl (C=O) groups is 1. The number of nitrogens with one attached hydrogen (secondary N) is 2. The molecule has 7 heteroatoms. The molecule has 1 amide bonds. The Bertz CT molecular complexity index is 1270. The normalized spacial score (nSPS) is 10.4. The van der Waals surface area contributed by atoms with E-state index in [1.165, 1.54) is 6.07 Å². The Balaban J connectivity index is 1.53. The predicted octanol–water partition coefficient (Wildman–Crippen LogP) is 4.41. The number of para-hydroxylation sites is 3. The van der Waals surface area contributed by atoms with E-state index in [2.05, 4.69) is 15.3 Å². The van der Waals surface area contributed by atoms with Gasteiger partial charge in [0, 0.05) is 12.5 Å². The lowest BCUT2D eigenvalue weighted by molar-refractivity contribution is 0.102. The predicted molar refractivity (Wildman–Crippen MR) is 122 cm³/mol. The molecule has 0 bridgehead atoms. The van der Waals surface area contributed by atoms with Gasteiger partial charge in [-0.25, -0.2) is 4.98 Å². The van der Waals surface area contributed by atoms with E-state index >= 15 is 0 Å². The molecule has 0 radical (unpaired) electrons. The summed E-state index contributed by atoms with van der Waals surface area (Å²) in [7, 11) is 1.60. The monoisotopic (exact) mass is 427 g/mol. The lowest BCUT2D eigenvalue weighted by Crippen LogP contribution is -2.20. The van der Waals surface area contributed by atoms with Gasteiger partial charge >= 0.3 is 0 Å². The number of hydrogen-bond acceptors (Lipinski definition) is 5. The van der Waals surface area contributed by atoms with E-state index in [0.717, 1.165) is 11.3 Å². The first kappa shape index (κ1) is 20.9. The summed E-state index contributed by atoms with van der Waals surface area (Å²) in [6, 6.07) is 24.9. The molecule has 0 aliphatic rings. The maximum Gasteiger partial charge on any atom is 0.274 e. The van der Waals surface area contributed by atoms with Gasteiger partial charge in [-0.05, 0) is 42.0 Å². The van der Waals surface area contributed by atoms with Crippen molar-refractivity contribution in [3.05, 3.63) is 112 Å². The van der Waals surface area contributed by atoms with Crippen molar-refractivity contribution in [1.82, 2.24) is 9.97 Å². The molecular weight excluding hydrogens is 406 g/mol. The molecule has 0 aliphatic carbocycles. The zero-order valence-corrected chi connectivity index (χ0v) is 17.4. The Hall–Kier alpha value is -4.39. The van der Waals surface area contributed by atoms with E-state index < -0.39 is 11.5 Å². The molecule has 0 unspecified atom stereocenters. The smallest absolute Gasteiger partial charge is 0.274 e. The lowest BCUT2D eigenvalue weighted by Gasteiger charge is -2.12. The van der Waals surface area contributed by atoms with Crippen molar-refractivity contribution in [1.29, 1.82) is 0 Å². The molecule has 0 saturated heterocycles. The Morgan fingerprint density at radius 3 is 2.41 bits per heavy atom. The van der Waals surface area contributed by atoms with Gasteiger partial charge in [0.1, 0.15) is 23.0 Å². The quantitative estimate of drug-likeness (QED) is 0.456. The number of rotatable bonds is 7. The van der Waals surface area contributed by atoms with Crippen LogP contribution in [0.2, 0.25) is 0 Å². The van der Waals surface area contributed by atoms with Gasteiger partial charge < -0.3 is 19.8 Å². The van der Waals surface area contributed by atoms with Gasteiger partial charge in [0.15, 0.2) is 5.75 Å². The van der Waals surface area contributed by atoms with Gasteiger partial charge in [-0.3, -0.25) is 9.59 Å². The van der Waals surface area contributed by atoms with E-state index in [1.54, 1.807) is 25.3 Å². The van der Waals surface area contributed by atoms with Gasteiger partial charge in [0.05, 0.1) is 12.8 Å². The zero-order chi connectivity index (χ0) is 22.3. The molecule has 0 aliphatic heterocycles. The Morgan fingerprint density at radius 2 is 1.66 bits per heavy atom. The van der Waals surface area contributed by atoms with Crippen LogP contribution in [0.4, 0.5) is 5.69 Å². The van der Waals surface area contributed by atoms with Crippen LogP contribution in [-0.2, 0) is 6.42 Å². The fourth-order valence-electron chi connectivity index (χ4n) is 3.11. The summed E-state index contributed by atoms with van der Waals surface area (Å²) in [5.74, 6) is 1.75. The first-order chi connectivity index (χ1) is 15.6. The minimum absolute atomic E-state index is 0.0202. The van der Waals surface area contributed by atoms with Crippen LogP contribution in [0, 0.1) is 0 Å².